The van der Waals surface area contributed by atoms with Gasteiger partial charge in [0.1, 0.15) is 17.1 Å². The third kappa shape index (κ3) is 2.93. The Labute approximate surface area is 108 Å². The molecule has 0 saturated carbocycles. The molecule has 1 aliphatic rings. The molecule has 1 N–H and O–H groups in total. The maximum atomic E-state index is 10.9. The van der Waals surface area contributed by atoms with Crippen molar-refractivity contribution in [2.24, 2.45) is 5.92 Å². The zero-order valence-electron chi connectivity index (χ0n) is 11.1. The average Bonchev–Trinajstić information content (AvgIpc) is 2.87. The zero-order valence-corrected chi connectivity index (χ0v) is 11.1. The van der Waals surface area contributed by atoms with Gasteiger partial charge in [0.25, 0.3) is 0 Å². The maximum Gasteiger partial charge on any atom is 0.339 e. The van der Waals surface area contributed by atoms with Crippen molar-refractivity contribution < 1.29 is 14.3 Å². The monoisotopic (exact) mass is 251 g/mol. The van der Waals surface area contributed by atoms with Crippen LogP contribution in [0.1, 0.15) is 48.1 Å². The summed E-state index contributed by atoms with van der Waals surface area (Å²) >= 11 is 0. The molecule has 18 heavy (non-hydrogen) atoms. The molecule has 0 bridgehead atoms. The van der Waals surface area contributed by atoms with Gasteiger partial charge < -0.3 is 9.52 Å². The van der Waals surface area contributed by atoms with Crippen LogP contribution >= 0.6 is 0 Å². The van der Waals surface area contributed by atoms with Gasteiger partial charge >= 0.3 is 5.97 Å². The highest BCUT2D eigenvalue weighted by Crippen LogP contribution is 2.24. The summed E-state index contributed by atoms with van der Waals surface area (Å²) in [4.78, 5) is 13.3. The zero-order chi connectivity index (χ0) is 13.1. The first-order valence-corrected chi connectivity index (χ1v) is 6.65. The SMILES string of the molecule is CCCC1CCN(Cc2cc(C(=O)O)c(C)o2)C1. The van der Waals surface area contributed by atoms with Crippen molar-refractivity contribution in [1.82, 2.24) is 4.90 Å². The van der Waals surface area contributed by atoms with Gasteiger partial charge in [-0.2, -0.15) is 0 Å². The molecule has 0 spiro atoms. The molecule has 2 heterocycles. The van der Waals surface area contributed by atoms with Crippen molar-refractivity contribution in [3.63, 3.8) is 0 Å². The largest absolute Gasteiger partial charge is 0.478 e. The molecular weight excluding hydrogens is 230 g/mol. The van der Waals surface area contributed by atoms with Gasteiger partial charge in [0.2, 0.25) is 0 Å². The lowest BCUT2D eigenvalue weighted by atomic mass is 10.0. The Bertz CT molecular complexity index is 425. The van der Waals surface area contributed by atoms with Crippen LogP contribution in [0, 0.1) is 12.8 Å². The number of rotatable bonds is 5. The number of hydrogen-bond donors (Lipinski definition) is 1. The van der Waals surface area contributed by atoms with E-state index in [1.165, 1.54) is 19.3 Å². The van der Waals surface area contributed by atoms with Gasteiger partial charge in [-0.1, -0.05) is 13.3 Å². The molecule has 1 aromatic heterocycles. The summed E-state index contributed by atoms with van der Waals surface area (Å²) in [6, 6.07) is 1.66. The van der Waals surface area contributed by atoms with Crippen molar-refractivity contribution in [3.8, 4) is 0 Å². The molecule has 0 aliphatic carbocycles. The van der Waals surface area contributed by atoms with Crippen LogP contribution in [0.3, 0.4) is 0 Å². The Morgan fingerprint density at radius 2 is 2.39 bits per heavy atom. The number of carbonyl (C=O) groups is 1. The van der Waals surface area contributed by atoms with Crippen LogP contribution in [0.15, 0.2) is 10.5 Å². The minimum atomic E-state index is -0.909. The minimum Gasteiger partial charge on any atom is -0.478 e. The van der Waals surface area contributed by atoms with E-state index in [0.29, 0.717) is 5.76 Å². The van der Waals surface area contributed by atoms with Crippen LogP contribution in [0.2, 0.25) is 0 Å². The molecule has 1 atom stereocenters. The number of hydrogen-bond acceptors (Lipinski definition) is 3. The summed E-state index contributed by atoms with van der Waals surface area (Å²) in [5, 5.41) is 8.98. The molecule has 1 aromatic rings. The Kier molecular flexibility index (Phi) is 4.07. The van der Waals surface area contributed by atoms with Crippen LogP contribution in [0.25, 0.3) is 0 Å². The highest BCUT2D eigenvalue weighted by molar-refractivity contribution is 5.88. The van der Waals surface area contributed by atoms with Crippen molar-refractivity contribution in [3.05, 3.63) is 23.2 Å². The number of carboxylic acids is 1. The number of furan rings is 1. The molecule has 1 unspecified atom stereocenters. The van der Waals surface area contributed by atoms with Crippen molar-refractivity contribution in [2.75, 3.05) is 13.1 Å². The maximum absolute atomic E-state index is 10.9. The van der Waals surface area contributed by atoms with E-state index in [2.05, 4.69) is 11.8 Å². The van der Waals surface area contributed by atoms with Gasteiger partial charge in [0.05, 0.1) is 6.54 Å². The average molecular weight is 251 g/mol. The van der Waals surface area contributed by atoms with Gasteiger partial charge in [-0.25, -0.2) is 4.79 Å². The van der Waals surface area contributed by atoms with E-state index < -0.39 is 5.97 Å². The highest BCUT2D eigenvalue weighted by Gasteiger charge is 2.23. The molecule has 0 radical (unpaired) electrons. The van der Waals surface area contributed by atoms with E-state index in [9.17, 15) is 4.79 Å². The fraction of sp³-hybridized carbons (Fsp3) is 0.643. The minimum absolute atomic E-state index is 0.286. The predicted molar refractivity (Wildman–Crippen MR) is 68.7 cm³/mol. The third-order valence-electron chi connectivity index (χ3n) is 3.65. The number of aromatic carboxylic acids is 1. The fourth-order valence-corrected chi connectivity index (χ4v) is 2.75. The van der Waals surface area contributed by atoms with E-state index in [4.69, 9.17) is 9.52 Å². The summed E-state index contributed by atoms with van der Waals surface area (Å²) in [6.45, 7) is 6.85. The smallest absolute Gasteiger partial charge is 0.339 e. The van der Waals surface area contributed by atoms with Gasteiger partial charge in [-0.3, -0.25) is 4.90 Å². The molecule has 1 aliphatic heterocycles. The lowest BCUT2D eigenvalue weighted by molar-refractivity contribution is 0.0695. The molecule has 2 rings (SSSR count). The Balaban J connectivity index is 1.94. The van der Waals surface area contributed by atoms with Crippen molar-refractivity contribution in [2.45, 2.75) is 39.7 Å². The van der Waals surface area contributed by atoms with Crippen LogP contribution in [-0.2, 0) is 6.54 Å². The van der Waals surface area contributed by atoms with Crippen LogP contribution in [0.5, 0.6) is 0 Å². The number of likely N-dealkylation sites (tertiary alicyclic amines) is 1. The Morgan fingerprint density at radius 3 is 3.00 bits per heavy atom. The van der Waals surface area contributed by atoms with Crippen LogP contribution in [0.4, 0.5) is 0 Å². The summed E-state index contributed by atoms with van der Waals surface area (Å²) in [5.74, 6) is 1.15. The summed E-state index contributed by atoms with van der Waals surface area (Å²) in [7, 11) is 0. The molecular formula is C14H21NO3. The second kappa shape index (κ2) is 5.57. The third-order valence-corrected chi connectivity index (χ3v) is 3.65. The van der Waals surface area contributed by atoms with Crippen LogP contribution < -0.4 is 0 Å². The summed E-state index contributed by atoms with van der Waals surface area (Å²) in [6.07, 6.45) is 3.77. The molecule has 0 aromatic carbocycles. The van der Waals surface area contributed by atoms with E-state index in [0.717, 1.165) is 31.3 Å². The number of aryl methyl sites for hydroxylation is 1. The predicted octanol–water partition coefficient (Wildman–Crippen LogP) is 2.91. The second-order valence-electron chi connectivity index (χ2n) is 5.17. The molecule has 0 amide bonds. The highest BCUT2D eigenvalue weighted by atomic mass is 16.4. The molecule has 1 saturated heterocycles. The fourth-order valence-electron chi connectivity index (χ4n) is 2.75. The quantitative estimate of drug-likeness (QED) is 0.874. The van der Waals surface area contributed by atoms with Gasteiger partial charge in [-0.15, -0.1) is 0 Å². The first-order chi connectivity index (χ1) is 8.60. The van der Waals surface area contributed by atoms with Crippen LogP contribution in [-0.4, -0.2) is 29.1 Å². The standard InChI is InChI=1S/C14H21NO3/c1-3-4-11-5-6-15(8-11)9-12-7-13(14(16)17)10(2)18-12/h7,11H,3-6,8-9H2,1-2H3,(H,16,17). The van der Waals surface area contributed by atoms with Crippen molar-refractivity contribution in [1.29, 1.82) is 0 Å². The lowest BCUT2D eigenvalue weighted by Gasteiger charge is -2.13. The first kappa shape index (κ1) is 13.1. The van der Waals surface area contributed by atoms with Gasteiger partial charge in [0.15, 0.2) is 0 Å². The Hall–Kier alpha value is -1.29. The Morgan fingerprint density at radius 1 is 1.61 bits per heavy atom. The van der Waals surface area contributed by atoms with Gasteiger partial charge in [-0.05, 0) is 38.3 Å². The van der Waals surface area contributed by atoms with E-state index in [-0.39, 0.29) is 5.56 Å². The van der Waals surface area contributed by atoms with E-state index in [1.807, 2.05) is 0 Å². The first-order valence-electron chi connectivity index (χ1n) is 6.65. The summed E-state index contributed by atoms with van der Waals surface area (Å²) in [5.41, 5.74) is 0.286. The molecule has 4 nitrogen and oxygen atoms in total. The lowest BCUT2D eigenvalue weighted by Crippen LogP contribution is -2.19. The molecule has 100 valence electrons. The molecule has 4 heteroatoms. The number of carboxylic acid groups (broad SMARTS) is 1. The van der Waals surface area contributed by atoms with Gasteiger partial charge in [0, 0.05) is 6.54 Å². The number of nitrogens with zero attached hydrogens (tertiary/aromatic N) is 1. The normalized spacial score (nSPS) is 20.4. The van der Waals surface area contributed by atoms with E-state index in [1.54, 1.807) is 13.0 Å². The topological polar surface area (TPSA) is 53.7 Å². The second-order valence-corrected chi connectivity index (χ2v) is 5.17. The van der Waals surface area contributed by atoms with Crippen molar-refractivity contribution >= 4 is 5.97 Å². The summed E-state index contributed by atoms with van der Waals surface area (Å²) < 4.78 is 5.51. The van der Waals surface area contributed by atoms with E-state index >= 15 is 0 Å². The molecule has 1 fully saturated rings.